The number of pyridine rings is 1. The lowest BCUT2D eigenvalue weighted by Gasteiger charge is -2.25. The van der Waals surface area contributed by atoms with Crippen molar-refractivity contribution in [2.24, 2.45) is 11.7 Å². The van der Waals surface area contributed by atoms with Gasteiger partial charge in [0.05, 0.1) is 12.7 Å². The van der Waals surface area contributed by atoms with E-state index in [2.05, 4.69) is 10.3 Å². The monoisotopic (exact) mass is 419 g/mol. The molecule has 1 unspecified atom stereocenters. The lowest BCUT2D eigenvalue weighted by Crippen LogP contribution is -2.33. The first kappa shape index (κ1) is 21.6. The third-order valence-electron chi connectivity index (χ3n) is 5.57. The zero-order valence-corrected chi connectivity index (χ0v) is 17.0. The van der Waals surface area contributed by atoms with E-state index in [0.717, 1.165) is 6.07 Å². The number of hydrogen-bond acceptors (Lipinski definition) is 5. The average molecular weight is 419 g/mol. The predicted octanol–water partition coefficient (Wildman–Crippen LogP) is 3.00. The topological polar surface area (TPSA) is 104 Å². The van der Waals surface area contributed by atoms with E-state index >= 15 is 0 Å². The molecule has 1 aromatic carbocycles. The molecule has 0 aliphatic carbocycles. The van der Waals surface area contributed by atoms with Crippen LogP contribution in [-0.2, 0) is 9.53 Å². The van der Waals surface area contributed by atoms with E-state index in [0.29, 0.717) is 11.3 Å². The van der Waals surface area contributed by atoms with Crippen LogP contribution in [0.15, 0.2) is 30.5 Å². The summed E-state index contributed by atoms with van der Waals surface area (Å²) in [6.07, 6.45) is 0.326. The summed E-state index contributed by atoms with van der Waals surface area (Å²) in [5, 5.41) is 2.68. The lowest BCUT2D eigenvalue weighted by molar-refractivity contribution is -0.131. The molecule has 7 nitrogen and oxygen atoms in total. The van der Waals surface area contributed by atoms with Gasteiger partial charge in [-0.3, -0.25) is 14.6 Å². The number of amides is 2. The third-order valence-corrected chi connectivity index (χ3v) is 5.57. The summed E-state index contributed by atoms with van der Waals surface area (Å²) in [4.78, 5) is 28.2. The molecule has 3 atom stereocenters. The number of ether oxygens (including phenoxy) is 2. The van der Waals surface area contributed by atoms with Crippen molar-refractivity contribution in [3.8, 4) is 5.75 Å². The standard InChI is InChI=1S/C21H23F2N3O4/c1-10-15(12-5-6-13(22)16(23)17(12)29-4)18(30-21(10,2)3)20(28)26-11-7-8-25-14(9-11)19(24)27/h5-10,15,18H,1-4H3,(H2,24,27)(H,25,26,28)/t10?,15-,18+/m0/s1. The van der Waals surface area contributed by atoms with Crippen LogP contribution in [0.5, 0.6) is 5.75 Å². The molecular formula is C21H23F2N3O4. The normalized spacial score (nSPS) is 22.5. The molecule has 2 heterocycles. The number of nitrogens with one attached hydrogen (secondary N) is 1. The number of carbonyl (C=O) groups is 2. The van der Waals surface area contributed by atoms with Crippen LogP contribution in [0.4, 0.5) is 14.5 Å². The van der Waals surface area contributed by atoms with Gasteiger partial charge in [-0.05, 0) is 38.0 Å². The van der Waals surface area contributed by atoms with Crippen LogP contribution in [0.2, 0.25) is 0 Å². The summed E-state index contributed by atoms with van der Waals surface area (Å²) in [5.41, 5.74) is 5.14. The van der Waals surface area contributed by atoms with Gasteiger partial charge in [0.15, 0.2) is 11.6 Å². The SMILES string of the molecule is COc1c([C@@H]2C(C)C(C)(C)O[C@H]2C(=O)Nc2ccnc(C(N)=O)c2)ccc(F)c1F. The Morgan fingerprint density at radius 3 is 2.60 bits per heavy atom. The molecule has 160 valence electrons. The number of anilines is 1. The Kier molecular flexibility index (Phi) is 5.76. The smallest absolute Gasteiger partial charge is 0.267 e. The number of nitrogens with two attached hydrogens (primary N) is 1. The maximum Gasteiger partial charge on any atom is 0.267 e. The second-order valence-electron chi connectivity index (χ2n) is 7.72. The fraction of sp³-hybridized carbons (Fsp3) is 0.381. The number of hydrogen-bond donors (Lipinski definition) is 2. The molecule has 0 radical (unpaired) electrons. The van der Waals surface area contributed by atoms with Crippen LogP contribution >= 0.6 is 0 Å². The first-order valence-electron chi connectivity index (χ1n) is 9.33. The summed E-state index contributed by atoms with van der Waals surface area (Å²) in [6.45, 7) is 5.51. The van der Waals surface area contributed by atoms with Gasteiger partial charge in [0.2, 0.25) is 5.82 Å². The van der Waals surface area contributed by atoms with Gasteiger partial charge >= 0.3 is 0 Å². The number of rotatable bonds is 5. The highest BCUT2D eigenvalue weighted by Crippen LogP contribution is 2.49. The van der Waals surface area contributed by atoms with E-state index in [4.69, 9.17) is 15.2 Å². The Morgan fingerprint density at radius 1 is 1.27 bits per heavy atom. The van der Waals surface area contributed by atoms with Crippen LogP contribution in [0, 0.1) is 17.6 Å². The Hall–Kier alpha value is -3.07. The van der Waals surface area contributed by atoms with Crippen molar-refractivity contribution >= 4 is 17.5 Å². The number of methoxy groups -OCH3 is 1. The molecule has 0 bridgehead atoms. The maximum absolute atomic E-state index is 14.3. The first-order valence-corrected chi connectivity index (χ1v) is 9.33. The largest absolute Gasteiger partial charge is 0.493 e. The molecule has 1 saturated heterocycles. The molecule has 3 rings (SSSR count). The second kappa shape index (κ2) is 7.98. The van der Waals surface area contributed by atoms with Crippen LogP contribution < -0.4 is 15.8 Å². The van der Waals surface area contributed by atoms with Crippen molar-refractivity contribution in [2.75, 3.05) is 12.4 Å². The van der Waals surface area contributed by atoms with E-state index < -0.39 is 41.1 Å². The molecule has 1 aromatic heterocycles. The molecule has 0 spiro atoms. The van der Waals surface area contributed by atoms with Crippen molar-refractivity contribution in [1.82, 2.24) is 4.98 Å². The lowest BCUT2D eigenvalue weighted by atomic mass is 9.78. The fourth-order valence-electron chi connectivity index (χ4n) is 3.72. The van der Waals surface area contributed by atoms with Crippen LogP contribution in [0.25, 0.3) is 0 Å². The fourth-order valence-corrected chi connectivity index (χ4v) is 3.72. The van der Waals surface area contributed by atoms with Gasteiger partial charge in [0.1, 0.15) is 11.8 Å². The zero-order chi connectivity index (χ0) is 22.2. The van der Waals surface area contributed by atoms with Crippen molar-refractivity contribution in [3.63, 3.8) is 0 Å². The molecule has 2 amide bonds. The van der Waals surface area contributed by atoms with Gasteiger partial charge in [-0.25, -0.2) is 4.39 Å². The molecule has 9 heteroatoms. The minimum Gasteiger partial charge on any atom is -0.493 e. The van der Waals surface area contributed by atoms with Gasteiger partial charge in [0.25, 0.3) is 11.8 Å². The predicted molar refractivity (Wildman–Crippen MR) is 105 cm³/mol. The molecule has 0 saturated carbocycles. The number of nitrogens with zero attached hydrogens (tertiary/aromatic N) is 1. The molecule has 1 fully saturated rings. The van der Waals surface area contributed by atoms with E-state index in [-0.39, 0.29) is 17.4 Å². The highest BCUT2D eigenvalue weighted by atomic mass is 19.2. The molecule has 1 aliphatic rings. The van der Waals surface area contributed by atoms with Crippen molar-refractivity contribution in [3.05, 3.63) is 53.4 Å². The number of benzene rings is 1. The van der Waals surface area contributed by atoms with Crippen LogP contribution in [0.1, 0.15) is 42.7 Å². The molecule has 3 N–H and O–H groups in total. The Labute approximate surface area is 172 Å². The number of aromatic nitrogens is 1. The summed E-state index contributed by atoms with van der Waals surface area (Å²) >= 11 is 0. The summed E-state index contributed by atoms with van der Waals surface area (Å²) in [6, 6.07) is 5.25. The Bertz CT molecular complexity index is 996. The van der Waals surface area contributed by atoms with Gasteiger partial charge < -0.3 is 20.5 Å². The van der Waals surface area contributed by atoms with Crippen molar-refractivity contribution in [2.45, 2.75) is 38.4 Å². The molecule has 30 heavy (non-hydrogen) atoms. The summed E-state index contributed by atoms with van der Waals surface area (Å²) < 4.78 is 39.2. The number of primary amides is 1. The van der Waals surface area contributed by atoms with E-state index in [1.165, 1.54) is 31.5 Å². The van der Waals surface area contributed by atoms with Gasteiger partial charge in [-0.1, -0.05) is 13.0 Å². The summed E-state index contributed by atoms with van der Waals surface area (Å²) in [5.74, 6) is -4.50. The molecule has 1 aliphatic heterocycles. The third kappa shape index (κ3) is 3.85. The van der Waals surface area contributed by atoms with Crippen molar-refractivity contribution in [1.29, 1.82) is 0 Å². The van der Waals surface area contributed by atoms with Gasteiger partial charge in [-0.2, -0.15) is 4.39 Å². The van der Waals surface area contributed by atoms with E-state index in [1.54, 1.807) is 0 Å². The average Bonchev–Trinajstić information content (AvgIpc) is 2.93. The van der Waals surface area contributed by atoms with Crippen LogP contribution in [-0.4, -0.2) is 35.6 Å². The zero-order valence-electron chi connectivity index (χ0n) is 17.0. The maximum atomic E-state index is 14.3. The van der Waals surface area contributed by atoms with Gasteiger partial charge in [0, 0.05) is 23.4 Å². The second-order valence-corrected chi connectivity index (χ2v) is 7.72. The minimum absolute atomic E-state index is 0.00679. The van der Waals surface area contributed by atoms with E-state index in [1.807, 2.05) is 20.8 Å². The molecule has 2 aromatic rings. The highest BCUT2D eigenvalue weighted by molar-refractivity contribution is 5.97. The first-order chi connectivity index (χ1) is 14.1. The Balaban J connectivity index is 1.98. The van der Waals surface area contributed by atoms with Gasteiger partial charge in [-0.15, -0.1) is 0 Å². The van der Waals surface area contributed by atoms with Crippen LogP contribution in [0.3, 0.4) is 0 Å². The van der Waals surface area contributed by atoms with Crippen molar-refractivity contribution < 1.29 is 27.8 Å². The number of carbonyl (C=O) groups excluding carboxylic acids is 2. The quantitative estimate of drug-likeness (QED) is 0.776. The summed E-state index contributed by atoms with van der Waals surface area (Å²) in [7, 11) is 1.24. The highest BCUT2D eigenvalue weighted by Gasteiger charge is 2.51. The Morgan fingerprint density at radius 2 is 1.97 bits per heavy atom. The molecular weight excluding hydrogens is 396 g/mol. The van der Waals surface area contributed by atoms with E-state index in [9.17, 15) is 18.4 Å². The minimum atomic E-state index is -1.12. The number of halogens is 2.